The lowest BCUT2D eigenvalue weighted by atomic mass is 10.0. The Morgan fingerprint density at radius 1 is 1.22 bits per heavy atom. The van der Waals surface area contributed by atoms with Crippen LogP contribution < -0.4 is 0 Å². The van der Waals surface area contributed by atoms with Crippen molar-refractivity contribution in [2.45, 2.75) is 63.8 Å². The summed E-state index contributed by atoms with van der Waals surface area (Å²) >= 11 is 0. The number of hydrogen-bond donors (Lipinski definition) is 1. The van der Waals surface area contributed by atoms with Gasteiger partial charge in [0.05, 0.1) is 18.3 Å². The van der Waals surface area contributed by atoms with E-state index in [1.807, 2.05) is 0 Å². The van der Waals surface area contributed by atoms with Crippen LogP contribution in [0, 0.1) is 0 Å². The van der Waals surface area contributed by atoms with Crippen molar-refractivity contribution in [3.63, 3.8) is 0 Å². The summed E-state index contributed by atoms with van der Waals surface area (Å²) in [6, 6.07) is 10.6. The van der Waals surface area contributed by atoms with Crippen LogP contribution in [0.5, 0.6) is 0 Å². The molecule has 1 fully saturated rings. The largest absolute Gasteiger partial charge is 0.390 e. The second kappa shape index (κ2) is 6.91. The maximum absolute atomic E-state index is 9.93. The van der Waals surface area contributed by atoms with E-state index < -0.39 is 0 Å². The molecule has 1 aliphatic rings. The van der Waals surface area contributed by atoms with Crippen molar-refractivity contribution < 1.29 is 9.84 Å². The molecule has 1 heterocycles. The fourth-order valence-corrected chi connectivity index (χ4v) is 2.70. The predicted octanol–water partition coefficient (Wildman–Crippen LogP) is 3.33. The first-order valence-corrected chi connectivity index (χ1v) is 7.17. The highest BCUT2D eigenvalue weighted by atomic mass is 16.5. The van der Waals surface area contributed by atoms with Gasteiger partial charge in [0, 0.05) is 0 Å². The van der Waals surface area contributed by atoms with Gasteiger partial charge in [-0.15, -0.1) is 0 Å². The average Bonchev–Trinajstić information content (AvgIpc) is 2.59. The highest BCUT2D eigenvalue weighted by Crippen LogP contribution is 2.23. The summed E-state index contributed by atoms with van der Waals surface area (Å²) in [5, 5.41) is 9.93. The zero-order chi connectivity index (χ0) is 12.8. The Morgan fingerprint density at radius 3 is 2.72 bits per heavy atom. The van der Waals surface area contributed by atoms with Crippen molar-refractivity contribution in [1.29, 1.82) is 0 Å². The summed E-state index contributed by atoms with van der Waals surface area (Å²) in [6.45, 7) is 2.09. The van der Waals surface area contributed by atoms with Gasteiger partial charge in [-0.25, -0.2) is 0 Å². The molecule has 1 aromatic rings. The summed E-state index contributed by atoms with van der Waals surface area (Å²) in [4.78, 5) is 0. The molecule has 0 spiro atoms. The van der Waals surface area contributed by atoms with Crippen molar-refractivity contribution >= 4 is 0 Å². The summed E-state index contributed by atoms with van der Waals surface area (Å²) in [6.07, 6.45) is 6.17. The van der Waals surface area contributed by atoms with Gasteiger partial charge in [0.1, 0.15) is 0 Å². The van der Waals surface area contributed by atoms with E-state index in [2.05, 4.69) is 37.3 Å². The van der Waals surface area contributed by atoms with Crippen LogP contribution in [0.2, 0.25) is 0 Å². The van der Waals surface area contributed by atoms with Gasteiger partial charge in [-0.05, 0) is 44.1 Å². The van der Waals surface area contributed by atoms with Crippen molar-refractivity contribution in [3.05, 3.63) is 35.9 Å². The Kier molecular flexibility index (Phi) is 5.21. The Hall–Kier alpha value is -0.860. The summed E-state index contributed by atoms with van der Waals surface area (Å²) in [5.41, 5.74) is 1.37. The first-order chi connectivity index (χ1) is 8.79. The molecule has 0 aromatic heterocycles. The van der Waals surface area contributed by atoms with Gasteiger partial charge in [-0.1, -0.05) is 37.3 Å². The Morgan fingerprint density at radius 2 is 2.00 bits per heavy atom. The summed E-state index contributed by atoms with van der Waals surface area (Å²) in [7, 11) is 0. The average molecular weight is 248 g/mol. The van der Waals surface area contributed by atoms with Crippen LogP contribution in [0.3, 0.4) is 0 Å². The van der Waals surface area contributed by atoms with Crippen molar-refractivity contribution in [2.24, 2.45) is 0 Å². The van der Waals surface area contributed by atoms with Gasteiger partial charge in [-0.3, -0.25) is 0 Å². The fraction of sp³-hybridized carbons (Fsp3) is 0.625. The van der Waals surface area contributed by atoms with E-state index in [0.717, 1.165) is 38.5 Å². The van der Waals surface area contributed by atoms with Crippen LogP contribution in [0.25, 0.3) is 0 Å². The Bertz CT molecular complexity index is 336. The molecule has 0 bridgehead atoms. The quantitative estimate of drug-likeness (QED) is 0.885. The number of rotatable bonds is 4. The Labute approximate surface area is 110 Å². The number of aryl methyl sites for hydroxylation is 1. The number of aliphatic hydroxyl groups is 1. The highest BCUT2D eigenvalue weighted by molar-refractivity contribution is 5.14. The minimum atomic E-state index is -0.267. The van der Waals surface area contributed by atoms with E-state index >= 15 is 0 Å². The molecular weight excluding hydrogens is 224 g/mol. The topological polar surface area (TPSA) is 29.5 Å². The lowest BCUT2D eigenvalue weighted by Gasteiger charge is -2.23. The lowest BCUT2D eigenvalue weighted by molar-refractivity contribution is -0.0678. The van der Waals surface area contributed by atoms with E-state index in [4.69, 9.17) is 4.74 Å². The lowest BCUT2D eigenvalue weighted by Crippen LogP contribution is -2.29. The molecule has 18 heavy (non-hydrogen) atoms. The molecule has 0 aliphatic carbocycles. The van der Waals surface area contributed by atoms with Gasteiger partial charge in [0.25, 0.3) is 0 Å². The monoisotopic (exact) mass is 248 g/mol. The molecule has 2 rings (SSSR count). The van der Waals surface area contributed by atoms with Crippen molar-refractivity contribution in [2.75, 3.05) is 0 Å². The standard InChI is InChI=1S/C16H24O2/c1-2-16-15(17)10-6-9-14(18-16)12-11-13-7-4-3-5-8-13/h3-5,7-8,14-17H,2,6,9-12H2,1H3/t14-,15-,16+/m1/s1. The molecule has 0 radical (unpaired) electrons. The maximum Gasteiger partial charge on any atom is 0.0835 e. The molecule has 3 atom stereocenters. The van der Waals surface area contributed by atoms with Gasteiger partial charge >= 0.3 is 0 Å². The molecule has 2 nitrogen and oxygen atoms in total. The van der Waals surface area contributed by atoms with E-state index in [1.165, 1.54) is 5.56 Å². The molecule has 0 amide bonds. The van der Waals surface area contributed by atoms with Crippen LogP contribution in [0.1, 0.15) is 44.6 Å². The zero-order valence-electron chi connectivity index (χ0n) is 11.2. The molecule has 0 saturated carbocycles. The van der Waals surface area contributed by atoms with E-state index in [-0.39, 0.29) is 12.2 Å². The molecule has 1 N–H and O–H groups in total. The first-order valence-electron chi connectivity index (χ1n) is 7.17. The normalized spacial score (nSPS) is 28.9. The number of benzene rings is 1. The van der Waals surface area contributed by atoms with Crippen LogP contribution in [-0.2, 0) is 11.2 Å². The van der Waals surface area contributed by atoms with Crippen LogP contribution >= 0.6 is 0 Å². The minimum Gasteiger partial charge on any atom is -0.390 e. The van der Waals surface area contributed by atoms with Gasteiger partial charge in [-0.2, -0.15) is 0 Å². The summed E-state index contributed by atoms with van der Waals surface area (Å²) < 4.78 is 6.04. The smallest absolute Gasteiger partial charge is 0.0835 e. The van der Waals surface area contributed by atoms with Gasteiger partial charge in [0.15, 0.2) is 0 Å². The van der Waals surface area contributed by atoms with Gasteiger partial charge in [0.2, 0.25) is 0 Å². The summed E-state index contributed by atoms with van der Waals surface area (Å²) in [5.74, 6) is 0. The molecule has 100 valence electrons. The molecule has 2 heteroatoms. The van der Waals surface area contributed by atoms with E-state index in [9.17, 15) is 5.11 Å². The Balaban J connectivity index is 1.85. The van der Waals surface area contributed by atoms with Gasteiger partial charge < -0.3 is 9.84 Å². The van der Waals surface area contributed by atoms with Crippen molar-refractivity contribution in [3.8, 4) is 0 Å². The predicted molar refractivity (Wildman–Crippen MR) is 73.6 cm³/mol. The number of ether oxygens (including phenoxy) is 1. The molecule has 0 unspecified atom stereocenters. The maximum atomic E-state index is 9.93. The highest BCUT2D eigenvalue weighted by Gasteiger charge is 2.25. The molecule has 1 aliphatic heterocycles. The zero-order valence-corrected chi connectivity index (χ0v) is 11.2. The molecule has 1 aromatic carbocycles. The second-order valence-corrected chi connectivity index (χ2v) is 5.23. The number of aliphatic hydroxyl groups excluding tert-OH is 1. The van der Waals surface area contributed by atoms with E-state index in [1.54, 1.807) is 0 Å². The SMILES string of the molecule is CC[C@@H]1O[C@@H](CCc2ccccc2)CCC[C@H]1O. The van der Waals surface area contributed by atoms with Crippen LogP contribution in [0.4, 0.5) is 0 Å². The first kappa shape index (κ1) is 13.6. The third kappa shape index (κ3) is 3.82. The third-order valence-electron chi connectivity index (χ3n) is 3.82. The molecular formula is C16H24O2. The third-order valence-corrected chi connectivity index (χ3v) is 3.82. The van der Waals surface area contributed by atoms with Crippen LogP contribution in [0.15, 0.2) is 30.3 Å². The van der Waals surface area contributed by atoms with Crippen LogP contribution in [-0.4, -0.2) is 23.4 Å². The molecule has 1 saturated heterocycles. The minimum absolute atomic E-state index is 0.0354. The number of hydrogen-bond acceptors (Lipinski definition) is 2. The second-order valence-electron chi connectivity index (χ2n) is 5.23. The van der Waals surface area contributed by atoms with Crippen molar-refractivity contribution in [1.82, 2.24) is 0 Å². The fourth-order valence-electron chi connectivity index (χ4n) is 2.70. The van der Waals surface area contributed by atoms with E-state index in [0.29, 0.717) is 6.10 Å².